The molecular weight excluding hydrogens is 270 g/mol. The van der Waals surface area contributed by atoms with Crippen molar-refractivity contribution < 1.29 is 17.9 Å². The van der Waals surface area contributed by atoms with E-state index in [4.69, 9.17) is 0 Å². The first kappa shape index (κ1) is 15.6. The molecule has 0 saturated heterocycles. The lowest BCUT2D eigenvalue weighted by atomic mass is 10.4. The largest absolute Gasteiger partial charge is 0.469 e. The van der Waals surface area contributed by atoms with Gasteiger partial charge in [-0.15, -0.1) is 0 Å². The molecule has 0 atom stereocenters. The van der Waals surface area contributed by atoms with E-state index in [0.29, 0.717) is 12.2 Å². The number of methoxy groups -OCH3 is 1. The number of carbonyl (C=O) groups is 1. The number of nitrogens with zero attached hydrogens (tertiary/aromatic N) is 2. The van der Waals surface area contributed by atoms with Crippen molar-refractivity contribution in [3.05, 3.63) is 12.0 Å². The summed E-state index contributed by atoms with van der Waals surface area (Å²) in [6.45, 7) is 3.96. The number of imidazole rings is 1. The smallest absolute Gasteiger partial charge is 0.306 e. The zero-order valence-electron chi connectivity index (χ0n) is 11.3. The molecule has 1 N–H and O–H groups in total. The van der Waals surface area contributed by atoms with Crippen LogP contribution >= 0.6 is 0 Å². The molecule has 0 amide bonds. The van der Waals surface area contributed by atoms with Gasteiger partial charge in [0.05, 0.1) is 19.7 Å². The highest BCUT2D eigenvalue weighted by Gasteiger charge is 2.25. The highest BCUT2D eigenvalue weighted by molar-refractivity contribution is 7.89. The number of aromatic nitrogens is 2. The first-order valence-corrected chi connectivity index (χ1v) is 7.50. The lowest BCUT2D eigenvalue weighted by molar-refractivity contribution is -0.140. The molecule has 1 rings (SSSR count). The number of hydrogen-bond donors (Lipinski definition) is 1. The number of hydrogen-bond acceptors (Lipinski definition) is 5. The van der Waals surface area contributed by atoms with E-state index in [2.05, 4.69) is 14.7 Å². The van der Waals surface area contributed by atoms with E-state index in [1.54, 1.807) is 6.92 Å². The van der Waals surface area contributed by atoms with E-state index in [9.17, 15) is 13.2 Å². The molecule has 0 saturated carbocycles. The summed E-state index contributed by atoms with van der Waals surface area (Å²) in [5.41, 5.74) is 0. The third-order valence-electron chi connectivity index (χ3n) is 2.70. The van der Waals surface area contributed by atoms with Gasteiger partial charge in [0.15, 0.2) is 5.03 Å². The van der Waals surface area contributed by atoms with Crippen LogP contribution in [0.3, 0.4) is 0 Å². The number of H-pyrrole nitrogens is 1. The van der Waals surface area contributed by atoms with Crippen LogP contribution in [0.25, 0.3) is 0 Å². The molecule has 0 aliphatic rings. The summed E-state index contributed by atoms with van der Waals surface area (Å²) in [5, 5.41) is 0.0519. The maximum atomic E-state index is 12.3. The van der Waals surface area contributed by atoms with Crippen molar-refractivity contribution in [3.8, 4) is 0 Å². The molecule has 0 fully saturated rings. The van der Waals surface area contributed by atoms with Crippen molar-refractivity contribution >= 4 is 16.0 Å². The van der Waals surface area contributed by atoms with Crippen LogP contribution in [0.1, 0.15) is 26.1 Å². The normalized spacial score (nSPS) is 11.8. The molecule has 0 aliphatic heterocycles. The number of aryl methyl sites for hydroxylation is 1. The van der Waals surface area contributed by atoms with Gasteiger partial charge in [-0.05, 0) is 0 Å². The molecule has 0 aliphatic carbocycles. The Morgan fingerprint density at radius 3 is 2.63 bits per heavy atom. The molecule has 0 spiro atoms. The van der Waals surface area contributed by atoms with Crippen molar-refractivity contribution in [2.45, 2.75) is 31.7 Å². The van der Waals surface area contributed by atoms with Crippen molar-refractivity contribution in [1.29, 1.82) is 0 Å². The molecule has 0 radical (unpaired) electrons. The molecule has 8 heteroatoms. The van der Waals surface area contributed by atoms with Gasteiger partial charge in [-0.25, -0.2) is 13.4 Å². The Bertz CT molecular complexity index is 524. The monoisotopic (exact) mass is 289 g/mol. The Morgan fingerprint density at radius 2 is 2.16 bits per heavy atom. The minimum Gasteiger partial charge on any atom is -0.469 e. The maximum absolute atomic E-state index is 12.3. The minimum atomic E-state index is -3.64. The number of carbonyl (C=O) groups excluding carboxylic acids is 1. The van der Waals surface area contributed by atoms with Gasteiger partial charge >= 0.3 is 5.97 Å². The number of ether oxygens (including phenoxy) is 1. The van der Waals surface area contributed by atoms with E-state index in [0.717, 1.165) is 0 Å². The summed E-state index contributed by atoms with van der Waals surface area (Å²) in [6, 6.07) is 0. The predicted octanol–water partition coefficient (Wildman–Crippen LogP) is 0.546. The number of sulfonamides is 1. The van der Waals surface area contributed by atoms with E-state index < -0.39 is 16.0 Å². The van der Waals surface area contributed by atoms with Crippen LogP contribution in [0.2, 0.25) is 0 Å². The molecule has 7 nitrogen and oxygen atoms in total. The number of esters is 1. The van der Waals surface area contributed by atoms with Crippen LogP contribution < -0.4 is 0 Å². The van der Waals surface area contributed by atoms with Gasteiger partial charge in [-0.1, -0.05) is 13.8 Å². The van der Waals surface area contributed by atoms with E-state index in [1.807, 2.05) is 6.92 Å². The van der Waals surface area contributed by atoms with Crippen molar-refractivity contribution in [3.63, 3.8) is 0 Å². The molecule has 1 aromatic heterocycles. The van der Waals surface area contributed by atoms with Crippen LogP contribution in [0.4, 0.5) is 0 Å². The zero-order valence-corrected chi connectivity index (χ0v) is 12.2. The van der Waals surface area contributed by atoms with Crippen molar-refractivity contribution in [2.75, 3.05) is 20.2 Å². The average molecular weight is 289 g/mol. The van der Waals surface area contributed by atoms with E-state index >= 15 is 0 Å². The Hall–Kier alpha value is -1.41. The Balaban J connectivity index is 2.86. The number of aromatic amines is 1. The fraction of sp³-hybridized carbons (Fsp3) is 0.636. The third-order valence-corrected chi connectivity index (χ3v) is 4.59. The Labute approximate surface area is 113 Å². The summed E-state index contributed by atoms with van der Waals surface area (Å²) in [4.78, 5) is 17.8. The summed E-state index contributed by atoms with van der Waals surface area (Å²) in [7, 11) is -2.36. The van der Waals surface area contributed by atoms with Crippen LogP contribution in [0, 0.1) is 0 Å². The number of rotatable bonds is 7. The van der Waals surface area contributed by atoms with Gasteiger partial charge in [0.25, 0.3) is 10.0 Å². The second-order valence-corrected chi connectivity index (χ2v) is 5.78. The molecule has 0 unspecified atom stereocenters. The zero-order chi connectivity index (χ0) is 14.5. The van der Waals surface area contributed by atoms with Gasteiger partial charge in [0.1, 0.15) is 5.82 Å². The topological polar surface area (TPSA) is 92.4 Å². The Morgan fingerprint density at radius 1 is 1.47 bits per heavy atom. The summed E-state index contributed by atoms with van der Waals surface area (Å²) < 4.78 is 30.3. The van der Waals surface area contributed by atoms with Gasteiger partial charge in [0, 0.05) is 19.5 Å². The molecule has 0 bridgehead atoms. The van der Waals surface area contributed by atoms with Gasteiger partial charge < -0.3 is 9.72 Å². The highest BCUT2D eigenvalue weighted by Crippen LogP contribution is 2.14. The second-order valence-electron chi connectivity index (χ2n) is 3.87. The molecule has 1 aromatic rings. The van der Waals surface area contributed by atoms with E-state index in [-0.39, 0.29) is 24.5 Å². The third kappa shape index (κ3) is 3.77. The maximum Gasteiger partial charge on any atom is 0.306 e. The second kappa shape index (κ2) is 6.67. The Kier molecular flexibility index (Phi) is 5.49. The van der Waals surface area contributed by atoms with Crippen molar-refractivity contribution in [2.24, 2.45) is 0 Å². The SMILES string of the molecule is CCc1ncc(S(=O)(=O)N(CC)CCC(=O)OC)[nH]1. The fourth-order valence-electron chi connectivity index (χ4n) is 1.56. The highest BCUT2D eigenvalue weighted by atomic mass is 32.2. The standard InChI is InChI=1S/C11H19N3O4S/c1-4-9-12-8-10(13-9)19(16,17)14(5-2)7-6-11(15)18-3/h8H,4-7H2,1-3H3,(H,12,13). The van der Waals surface area contributed by atoms with Crippen LogP contribution in [0.15, 0.2) is 11.2 Å². The molecular formula is C11H19N3O4S. The van der Waals surface area contributed by atoms with Gasteiger partial charge in [0.2, 0.25) is 0 Å². The average Bonchev–Trinajstić information content (AvgIpc) is 2.88. The van der Waals surface area contributed by atoms with Crippen molar-refractivity contribution in [1.82, 2.24) is 14.3 Å². The molecule has 108 valence electrons. The first-order valence-electron chi connectivity index (χ1n) is 6.06. The predicted molar refractivity (Wildman–Crippen MR) is 69.0 cm³/mol. The molecule has 19 heavy (non-hydrogen) atoms. The summed E-state index contributed by atoms with van der Waals surface area (Å²) >= 11 is 0. The molecule has 0 aromatic carbocycles. The minimum absolute atomic E-state index is 0.0261. The van der Waals surface area contributed by atoms with Gasteiger partial charge in [-0.3, -0.25) is 4.79 Å². The van der Waals surface area contributed by atoms with Crippen LogP contribution in [-0.4, -0.2) is 48.9 Å². The number of nitrogens with one attached hydrogen (secondary N) is 1. The van der Waals surface area contributed by atoms with Crippen LogP contribution in [0.5, 0.6) is 0 Å². The fourth-order valence-corrected chi connectivity index (χ4v) is 2.94. The first-order chi connectivity index (χ1) is 8.95. The van der Waals surface area contributed by atoms with E-state index in [1.165, 1.54) is 17.6 Å². The van der Waals surface area contributed by atoms with Crippen LogP contribution in [-0.2, 0) is 26.0 Å². The summed E-state index contributed by atoms with van der Waals surface area (Å²) in [5.74, 6) is 0.176. The quantitative estimate of drug-likeness (QED) is 0.740. The van der Waals surface area contributed by atoms with Gasteiger partial charge in [-0.2, -0.15) is 4.31 Å². The summed E-state index contributed by atoms with van der Waals surface area (Å²) in [6.07, 6.45) is 1.96. The molecule has 1 heterocycles. The lowest BCUT2D eigenvalue weighted by Gasteiger charge is -2.18. The lowest BCUT2D eigenvalue weighted by Crippen LogP contribution is -2.33.